The highest BCUT2D eigenvalue weighted by Gasteiger charge is 2.05. The lowest BCUT2D eigenvalue weighted by molar-refractivity contribution is 1.03. The van der Waals surface area contributed by atoms with Gasteiger partial charge in [-0.1, -0.05) is 25.1 Å². The summed E-state index contributed by atoms with van der Waals surface area (Å²) >= 11 is 0. The molecule has 0 amide bonds. The van der Waals surface area contributed by atoms with Gasteiger partial charge in [0.05, 0.1) is 5.69 Å². The molecule has 0 fully saturated rings. The number of hydrogen-bond donors (Lipinski definition) is 2. The van der Waals surface area contributed by atoms with Crippen LogP contribution in [0.1, 0.15) is 23.7 Å². The fraction of sp³-hybridized carbons (Fsp3) is 0.267. The topological polar surface area (TPSA) is 44.9 Å². The van der Waals surface area contributed by atoms with Gasteiger partial charge in [-0.15, -0.1) is 0 Å². The van der Waals surface area contributed by atoms with E-state index in [-0.39, 0.29) is 5.56 Å². The van der Waals surface area contributed by atoms with Crippen LogP contribution in [0.4, 0.5) is 11.4 Å². The van der Waals surface area contributed by atoms with Crippen molar-refractivity contribution in [3.05, 3.63) is 57.5 Å². The van der Waals surface area contributed by atoms with Crippen LogP contribution in [0.5, 0.6) is 0 Å². The quantitative estimate of drug-likeness (QED) is 0.867. The molecule has 18 heavy (non-hydrogen) atoms. The number of benzene rings is 1. The molecule has 0 atom stereocenters. The molecule has 0 aliphatic heterocycles. The fourth-order valence-corrected chi connectivity index (χ4v) is 1.92. The number of rotatable bonds is 3. The predicted molar refractivity (Wildman–Crippen MR) is 75.6 cm³/mol. The van der Waals surface area contributed by atoms with E-state index in [0.29, 0.717) is 0 Å². The molecule has 0 unspecified atom stereocenters. The van der Waals surface area contributed by atoms with Gasteiger partial charge in [-0.05, 0) is 38.0 Å². The molecule has 0 spiro atoms. The molecule has 3 nitrogen and oxygen atoms in total. The van der Waals surface area contributed by atoms with Gasteiger partial charge >= 0.3 is 0 Å². The first-order chi connectivity index (χ1) is 8.61. The lowest BCUT2D eigenvalue weighted by Gasteiger charge is -2.12. The number of para-hydroxylation sites is 1. The molecule has 1 aromatic carbocycles. The van der Waals surface area contributed by atoms with Gasteiger partial charge in [0.25, 0.3) is 5.56 Å². The van der Waals surface area contributed by atoms with Gasteiger partial charge in [-0.25, -0.2) is 0 Å². The zero-order chi connectivity index (χ0) is 13.1. The lowest BCUT2D eigenvalue weighted by Crippen LogP contribution is -2.14. The number of aryl methyl sites for hydroxylation is 3. The van der Waals surface area contributed by atoms with E-state index in [1.54, 1.807) is 0 Å². The summed E-state index contributed by atoms with van der Waals surface area (Å²) in [6.45, 7) is 5.95. The van der Waals surface area contributed by atoms with Gasteiger partial charge in [-0.3, -0.25) is 4.79 Å². The average molecular weight is 242 g/mol. The monoisotopic (exact) mass is 242 g/mol. The normalized spacial score (nSPS) is 10.4. The molecule has 94 valence electrons. The number of nitrogens with one attached hydrogen (secondary N) is 2. The van der Waals surface area contributed by atoms with E-state index in [1.807, 2.05) is 38.1 Å². The average Bonchev–Trinajstić information content (AvgIpc) is 2.35. The first kappa shape index (κ1) is 12.4. The summed E-state index contributed by atoms with van der Waals surface area (Å²) in [6, 6.07) is 10.0. The number of pyridine rings is 1. The van der Waals surface area contributed by atoms with Crippen LogP contribution >= 0.6 is 0 Å². The van der Waals surface area contributed by atoms with Crippen molar-refractivity contribution in [3.8, 4) is 0 Å². The van der Waals surface area contributed by atoms with E-state index >= 15 is 0 Å². The predicted octanol–water partition coefficient (Wildman–Crippen LogP) is 3.30. The number of aromatic amines is 1. The van der Waals surface area contributed by atoms with Crippen molar-refractivity contribution in [2.45, 2.75) is 27.2 Å². The van der Waals surface area contributed by atoms with E-state index in [2.05, 4.69) is 23.3 Å². The third kappa shape index (κ3) is 2.45. The highest BCUT2D eigenvalue weighted by molar-refractivity contribution is 5.64. The second kappa shape index (κ2) is 5.08. The highest BCUT2D eigenvalue weighted by atomic mass is 16.1. The van der Waals surface area contributed by atoms with Gasteiger partial charge in [-0.2, -0.15) is 0 Å². The standard InChI is InChI=1S/C15H18N2O/c1-4-12-9-14(11(3)16-15(12)18)17-13-8-6-5-7-10(13)2/h5-9,17H,4H2,1-3H3,(H,16,18). The second-order valence-electron chi connectivity index (χ2n) is 4.46. The first-order valence-electron chi connectivity index (χ1n) is 6.17. The van der Waals surface area contributed by atoms with Crippen LogP contribution in [0, 0.1) is 13.8 Å². The maximum atomic E-state index is 11.7. The van der Waals surface area contributed by atoms with E-state index in [9.17, 15) is 4.79 Å². The second-order valence-corrected chi connectivity index (χ2v) is 4.46. The number of H-pyrrole nitrogens is 1. The molecule has 2 aromatic rings. The minimum absolute atomic E-state index is 0.00494. The van der Waals surface area contributed by atoms with Gasteiger partial charge < -0.3 is 10.3 Å². The van der Waals surface area contributed by atoms with Crippen molar-refractivity contribution in [1.82, 2.24) is 4.98 Å². The molecule has 0 aliphatic carbocycles. The summed E-state index contributed by atoms with van der Waals surface area (Å²) in [4.78, 5) is 14.5. The van der Waals surface area contributed by atoms with Gasteiger partial charge in [0, 0.05) is 16.9 Å². The summed E-state index contributed by atoms with van der Waals surface area (Å²) in [6.07, 6.45) is 0.734. The van der Waals surface area contributed by atoms with Crippen LogP contribution in [0.25, 0.3) is 0 Å². The summed E-state index contributed by atoms with van der Waals surface area (Å²) < 4.78 is 0. The van der Waals surface area contributed by atoms with E-state index < -0.39 is 0 Å². The maximum Gasteiger partial charge on any atom is 0.251 e. The molecular formula is C15H18N2O. The Kier molecular flexibility index (Phi) is 3.51. The van der Waals surface area contributed by atoms with Crippen molar-refractivity contribution < 1.29 is 0 Å². The molecule has 0 radical (unpaired) electrons. The summed E-state index contributed by atoms with van der Waals surface area (Å²) in [5.41, 5.74) is 4.87. The Bertz CT molecular complexity index is 614. The number of hydrogen-bond acceptors (Lipinski definition) is 2. The SMILES string of the molecule is CCc1cc(Nc2ccccc2C)c(C)[nH]c1=O. The first-order valence-corrected chi connectivity index (χ1v) is 6.17. The summed E-state index contributed by atoms with van der Waals surface area (Å²) in [5, 5.41) is 3.37. The summed E-state index contributed by atoms with van der Waals surface area (Å²) in [5.74, 6) is 0. The Balaban J connectivity index is 2.41. The Hall–Kier alpha value is -2.03. The van der Waals surface area contributed by atoms with Crippen LogP contribution in [-0.4, -0.2) is 4.98 Å². The van der Waals surface area contributed by atoms with Crippen molar-refractivity contribution in [3.63, 3.8) is 0 Å². The number of aromatic nitrogens is 1. The van der Waals surface area contributed by atoms with E-state index in [0.717, 1.165) is 29.1 Å². The van der Waals surface area contributed by atoms with Crippen LogP contribution in [0.15, 0.2) is 35.1 Å². The van der Waals surface area contributed by atoms with Crippen molar-refractivity contribution in [2.75, 3.05) is 5.32 Å². The lowest BCUT2D eigenvalue weighted by atomic mass is 10.1. The smallest absolute Gasteiger partial charge is 0.251 e. The third-order valence-corrected chi connectivity index (χ3v) is 3.11. The van der Waals surface area contributed by atoms with E-state index in [4.69, 9.17) is 0 Å². The Morgan fingerprint density at radius 1 is 1.17 bits per heavy atom. The molecular weight excluding hydrogens is 224 g/mol. The molecule has 1 aromatic heterocycles. The van der Waals surface area contributed by atoms with Crippen molar-refractivity contribution in [1.29, 1.82) is 0 Å². The minimum atomic E-state index is 0.00494. The minimum Gasteiger partial charge on any atom is -0.354 e. The largest absolute Gasteiger partial charge is 0.354 e. The molecule has 2 N–H and O–H groups in total. The van der Waals surface area contributed by atoms with Crippen molar-refractivity contribution >= 4 is 11.4 Å². The fourth-order valence-electron chi connectivity index (χ4n) is 1.92. The molecule has 0 saturated heterocycles. The Morgan fingerprint density at radius 3 is 2.56 bits per heavy atom. The molecule has 1 heterocycles. The third-order valence-electron chi connectivity index (χ3n) is 3.11. The highest BCUT2D eigenvalue weighted by Crippen LogP contribution is 2.21. The Labute approximate surface area is 107 Å². The van der Waals surface area contributed by atoms with Gasteiger partial charge in [0.1, 0.15) is 0 Å². The molecule has 0 saturated carbocycles. The van der Waals surface area contributed by atoms with Crippen LogP contribution in [0.3, 0.4) is 0 Å². The Morgan fingerprint density at radius 2 is 1.89 bits per heavy atom. The molecule has 2 rings (SSSR count). The van der Waals surface area contributed by atoms with Crippen LogP contribution in [-0.2, 0) is 6.42 Å². The zero-order valence-corrected chi connectivity index (χ0v) is 11.0. The van der Waals surface area contributed by atoms with Crippen LogP contribution in [0.2, 0.25) is 0 Å². The summed E-state index contributed by atoms with van der Waals surface area (Å²) in [7, 11) is 0. The van der Waals surface area contributed by atoms with E-state index in [1.165, 1.54) is 5.56 Å². The van der Waals surface area contributed by atoms with Gasteiger partial charge in [0.15, 0.2) is 0 Å². The van der Waals surface area contributed by atoms with Gasteiger partial charge in [0.2, 0.25) is 0 Å². The van der Waals surface area contributed by atoms with Crippen molar-refractivity contribution in [2.24, 2.45) is 0 Å². The molecule has 3 heteroatoms. The zero-order valence-electron chi connectivity index (χ0n) is 11.0. The van der Waals surface area contributed by atoms with Crippen LogP contribution < -0.4 is 10.9 Å². The molecule has 0 aliphatic rings. The maximum absolute atomic E-state index is 11.7. The number of anilines is 2. The molecule has 0 bridgehead atoms.